The third-order valence-corrected chi connectivity index (χ3v) is 2.95. The van der Waals surface area contributed by atoms with Gasteiger partial charge in [-0.3, -0.25) is 14.7 Å². The lowest BCUT2D eigenvalue weighted by Gasteiger charge is -2.14. The van der Waals surface area contributed by atoms with Crippen molar-refractivity contribution < 1.29 is 9.53 Å². The van der Waals surface area contributed by atoms with Gasteiger partial charge in [-0.05, 0) is 5.92 Å². The molecule has 0 N–H and O–H groups in total. The molecule has 86 valence electrons. The molecule has 0 spiro atoms. The number of ether oxygens (including phenoxy) is 1. The van der Waals surface area contributed by atoms with Crippen LogP contribution in [0.15, 0.2) is 12.4 Å². The zero-order chi connectivity index (χ0) is 11.5. The number of rotatable bonds is 3. The summed E-state index contributed by atoms with van der Waals surface area (Å²) in [5.74, 6) is 1.64. The molecule has 1 atom stereocenters. The van der Waals surface area contributed by atoms with Crippen LogP contribution >= 0.6 is 11.6 Å². The number of carbonyl (C=O) groups is 1. The average Bonchev–Trinajstić information content (AvgIpc) is 2.71. The molecule has 1 aromatic rings. The molecule has 1 saturated heterocycles. The fourth-order valence-corrected chi connectivity index (χ4v) is 1.88. The Morgan fingerprint density at radius 1 is 1.62 bits per heavy atom. The first-order valence-corrected chi connectivity index (χ1v) is 5.50. The summed E-state index contributed by atoms with van der Waals surface area (Å²) >= 11 is 5.74. The number of carbonyl (C=O) groups excluding carboxylic acids is 1. The normalized spacial score (nSPS) is 20.2. The molecule has 1 aromatic heterocycles. The van der Waals surface area contributed by atoms with Crippen molar-refractivity contribution in [1.82, 2.24) is 9.97 Å². The van der Waals surface area contributed by atoms with Gasteiger partial charge in [0.25, 0.3) is 0 Å². The number of anilines is 1. The van der Waals surface area contributed by atoms with Gasteiger partial charge in [-0.2, -0.15) is 4.98 Å². The Kier molecular flexibility index (Phi) is 3.24. The molecule has 2 rings (SSSR count). The Morgan fingerprint density at radius 3 is 3.06 bits per heavy atom. The molecule has 0 aromatic carbocycles. The second-order valence-corrected chi connectivity index (χ2v) is 3.96. The number of amides is 1. The molecule has 2 heterocycles. The molecule has 0 bridgehead atoms. The lowest BCUT2D eigenvalue weighted by molar-refractivity contribution is -0.117. The van der Waals surface area contributed by atoms with Crippen LogP contribution in [0.25, 0.3) is 0 Å². The smallest absolute Gasteiger partial charge is 0.234 e. The van der Waals surface area contributed by atoms with Crippen molar-refractivity contribution in [2.24, 2.45) is 5.92 Å². The van der Waals surface area contributed by atoms with Crippen LogP contribution in [-0.4, -0.2) is 35.4 Å². The zero-order valence-corrected chi connectivity index (χ0v) is 9.65. The Morgan fingerprint density at radius 2 is 2.44 bits per heavy atom. The summed E-state index contributed by atoms with van der Waals surface area (Å²) in [7, 11) is 1.52. The van der Waals surface area contributed by atoms with Crippen LogP contribution in [0.3, 0.4) is 0 Å². The number of methoxy groups -OCH3 is 1. The van der Waals surface area contributed by atoms with E-state index in [1.54, 1.807) is 11.1 Å². The minimum Gasteiger partial charge on any atom is -0.480 e. The molecular weight excluding hydrogens is 230 g/mol. The topological polar surface area (TPSA) is 55.3 Å². The molecule has 1 aliphatic heterocycles. The summed E-state index contributed by atoms with van der Waals surface area (Å²) in [6, 6.07) is 0. The first-order valence-electron chi connectivity index (χ1n) is 4.97. The monoisotopic (exact) mass is 241 g/mol. The Hall–Kier alpha value is -1.36. The molecule has 1 amide bonds. The highest BCUT2D eigenvalue weighted by Gasteiger charge is 2.31. The van der Waals surface area contributed by atoms with Crippen LogP contribution in [0.5, 0.6) is 5.88 Å². The number of aromatic nitrogens is 2. The third-order valence-electron chi connectivity index (χ3n) is 2.51. The summed E-state index contributed by atoms with van der Waals surface area (Å²) in [5, 5.41) is 0. The van der Waals surface area contributed by atoms with Gasteiger partial charge in [0.2, 0.25) is 11.8 Å². The fraction of sp³-hybridized carbons (Fsp3) is 0.500. The van der Waals surface area contributed by atoms with Crippen molar-refractivity contribution in [3.63, 3.8) is 0 Å². The highest BCUT2D eigenvalue weighted by atomic mass is 35.5. The largest absolute Gasteiger partial charge is 0.480 e. The van der Waals surface area contributed by atoms with E-state index >= 15 is 0 Å². The number of hydrogen-bond donors (Lipinski definition) is 0. The molecule has 1 unspecified atom stereocenters. The Bertz CT molecular complexity index is 399. The van der Waals surface area contributed by atoms with E-state index in [1.165, 1.54) is 13.3 Å². The number of hydrogen-bond acceptors (Lipinski definition) is 4. The maximum absolute atomic E-state index is 11.7. The van der Waals surface area contributed by atoms with Crippen molar-refractivity contribution in [2.75, 3.05) is 24.4 Å². The first-order chi connectivity index (χ1) is 7.74. The lowest BCUT2D eigenvalue weighted by atomic mass is 10.2. The van der Waals surface area contributed by atoms with E-state index in [2.05, 4.69) is 9.97 Å². The molecule has 6 heteroatoms. The maximum atomic E-state index is 11.7. The Labute approximate surface area is 98.4 Å². The predicted octanol–water partition coefficient (Wildman–Crippen LogP) is 1.08. The number of nitrogens with zero attached hydrogens (tertiary/aromatic N) is 3. The zero-order valence-electron chi connectivity index (χ0n) is 8.89. The summed E-state index contributed by atoms with van der Waals surface area (Å²) in [4.78, 5) is 21.4. The quantitative estimate of drug-likeness (QED) is 0.743. The van der Waals surface area contributed by atoms with Gasteiger partial charge in [-0.25, -0.2) is 0 Å². The van der Waals surface area contributed by atoms with Crippen molar-refractivity contribution in [3.8, 4) is 5.88 Å². The molecule has 5 nitrogen and oxygen atoms in total. The van der Waals surface area contributed by atoms with E-state index in [0.29, 0.717) is 30.5 Å². The van der Waals surface area contributed by atoms with Crippen molar-refractivity contribution >= 4 is 23.3 Å². The van der Waals surface area contributed by atoms with Gasteiger partial charge in [-0.15, -0.1) is 11.6 Å². The molecule has 0 radical (unpaired) electrons. The van der Waals surface area contributed by atoms with Crippen LogP contribution in [-0.2, 0) is 4.79 Å². The van der Waals surface area contributed by atoms with Crippen LogP contribution in [0, 0.1) is 5.92 Å². The van der Waals surface area contributed by atoms with E-state index in [1.807, 2.05) is 0 Å². The van der Waals surface area contributed by atoms with E-state index in [4.69, 9.17) is 16.3 Å². The summed E-state index contributed by atoms with van der Waals surface area (Å²) in [5.41, 5.74) is 0. The summed E-state index contributed by atoms with van der Waals surface area (Å²) < 4.78 is 4.97. The number of alkyl halides is 1. The third kappa shape index (κ3) is 2.09. The minimum atomic E-state index is 0.0354. The predicted molar refractivity (Wildman–Crippen MR) is 59.8 cm³/mol. The van der Waals surface area contributed by atoms with Gasteiger partial charge < -0.3 is 4.74 Å². The van der Waals surface area contributed by atoms with Crippen LogP contribution in [0.1, 0.15) is 6.42 Å². The van der Waals surface area contributed by atoms with Crippen LogP contribution in [0.2, 0.25) is 0 Å². The highest BCUT2D eigenvalue weighted by Crippen LogP contribution is 2.24. The van der Waals surface area contributed by atoms with E-state index in [0.717, 1.165) is 0 Å². The van der Waals surface area contributed by atoms with Crippen LogP contribution in [0.4, 0.5) is 5.82 Å². The summed E-state index contributed by atoms with van der Waals surface area (Å²) in [6.07, 6.45) is 3.53. The average molecular weight is 242 g/mol. The van der Waals surface area contributed by atoms with Gasteiger partial charge in [0.15, 0.2) is 5.82 Å². The fourth-order valence-electron chi connectivity index (χ4n) is 1.67. The summed E-state index contributed by atoms with van der Waals surface area (Å²) in [6.45, 7) is 0.601. The second-order valence-electron chi connectivity index (χ2n) is 3.65. The number of halogens is 1. The molecule has 16 heavy (non-hydrogen) atoms. The van der Waals surface area contributed by atoms with Gasteiger partial charge in [-0.1, -0.05) is 0 Å². The van der Waals surface area contributed by atoms with E-state index in [9.17, 15) is 4.79 Å². The van der Waals surface area contributed by atoms with Gasteiger partial charge in [0.05, 0.1) is 19.5 Å². The molecule has 1 aliphatic rings. The first kappa shape index (κ1) is 11.1. The van der Waals surface area contributed by atoms with Crippen molar-refractivity contribution in [2.45, 2.75) is 6.42 Å². The van der Waals surface area contributed by atoms with Gasteiger partial charge in [0, 0.05) is 18.8 Å². The van der Waals surface area contributed by atoms with Crippen LogP contribution < -0.4 is 9.64 Å². The SMILES string of the molecule is COc1cncc(N2CC(CCl)CC2=O)n1. The van der Waals surface area contributed by atoms with Gasteiger partial charge in [0.1, 0.15) is 0 Å². The second kappa shape index (κ2) is 4.65. The molecule has 1 fully saturated rings. The Balaban J connectivity index is 2.20. The van der Waals surface area contributed by atoms with E-state index in [-0.39, 0.29) is 11.8 Å². The molecule has 0 saturated carbocycles. The van der Waals surface area contributed by atoms with Crippen molar-refractivity contribution in [1.29, 1.82) is 0 Å². The highest BCUT2D eigenvalue weighted by molar-refractivity contribution is 6.18. The maximum Gasteiger partial charge on any atom is 0.234 e. The van der Waals surface area contributed by atoms with E-state index < -0.39 is 0 Å². The standard InChI is InChI=1S/C10H12ClN3O2/c1-16-9-5-12-4-8(13-9)14-6-7(3-11)2-10(14)15/h4-5,7H,2-3,6H2,1H3. The lowest BCUT2D eigenvalue weighted by Crippen LogP contribution is -2.25. The molecule has 0 aliphatic carbocycles. The van der Waals surface area contributed by atoms with Crippen molar-refractivity contribution in [3.05, 3.63) is 12.4 Å². The minimum absolute atomic E-state index is 0.0354. The van der Waals surface area contributed by atoms with Gasteiger partial charge >= 0.3 is 0 Å². The molecular formula is C10H12ClN3O2.